The first kappa shape index (κ1) is 12.3. The zero-order chi connectivity index (χ0) is 13.1. The van der Waals surface area contributed by atoms with Crippen LogP contribution >= 0.6 is 0 Å². The number of hydrogen-bond acceptors (Lipinski definition) is 4. The standard InChI is InChI=1S/C12H14N2O4/c15-10-5-6-11(16)14(10)13-8-2-1-3-9(13)4-7-12(17)18/h1-3,8-9H,4-7H2,(H,17,18). The predicted molar refractivity (Wildman–Crippen MR) is 61.9 cm³/mol. The summed E-state index contributed by atoms with van der Waals surface area (Å²) in [6, 6.07) is -0.267. The number of hydrazine groups is 1. The molecule has 18 heavy (non-hydrogen) atoms. The molecule has 0 aromatic heterocycles. The maximum atomic E-state index is 11.7. The first-order chi connectivity index (χ1) is 8.59. The Balaban J connectivity index is 2.11. The van der Waals surface area contributed by atoms with E-state index in [9.17, 15) is 14.4 Å². The van der Waals surface area contributed by atoms with Crippen molar-refractivity contribution in [3.8, 4) is 0 Å². The van der Waals surface area contributed by atoms with E-state index in [1.54, 1.807) is 24.4 Å². The first-order valence-corrected chi connectivity index (χ1v) is 5.80. The van der Waals surface area contributed by atoms with E-state index >= 15 is 0 Å². The molecule has 1 N–H and O–H groups in total. The number of carbonyl (C=O) groups is 3. The quantitative estimate of drug-likeness (QED) is 0.742. The molecule has 0 bridgehead atoms. The smallest absolute Gasteiger partial charge is 0.303 e. The van der Waals surface area contributed by atoms with Gasteiger partial charge in [0.1, 0.15) is 0 Å². The van der Waals surface area contributed by atoms with E-state index in [1.165, 1.54) is 5.01 Å². The van der Waals surface area contributed by atoms with Crippen molar-refractivity contribution in [1.29, 1.82) is 0 Å². The lowest BCUT2D eigenvalue weighted by Gasteiger charge is -2.35. The van der Waals surface area contributed by atoms with Crippen LogP contribution in [0.2, 0.25) is 0 Å². The third-order valence-corrected chi connectivity index (χ3v) is 2.93. The monoisotopic (exact) mass is 250 g/mol. The summed E-state index contributed by atoms with van der Waals surface area (Å²) in [7, 11) is 0. The van der Waals surface area contributed by atoms with E-state index in [2.05, 4.69) is 0 Å². The molecule has 0 aliphatic carbocycles. The SMILES string of the molecule is O=C(O)CCC1C=CC=CN1N1C(=O)CCC1=O. The van der Waals surface area contributed by atoms with Crippen LogP contribution < -0.4 is 0 Å². The lowest BCUT2D eigenvalue weighted by molar-refractivity contribution is -0.155. The molecular formula is C12H14N2O4. The first-order valence-electron chi connectivity index (χ1n) is 5.80. The van der Waals surface area contributed by atoms with E-state index in [1.807, 2.05) is 0 Å². The summed E-state index contributed by atoms with van der Waals surface area (Å²) >= 11 is 0. The van der Waals surface area contributed by atoms with Crippen LogP contribution in [0, 0.1) is 0 Å². The van der Waals surface area contributed by atoms with Crippen LogP contribution in [-0.4, -0.2) is 38.9 Å². The molecule has 6 nitrogen and oxygen atoms in total. The molecule has 2 aliphatic rings. The van der Waals surface area contributed by atoms with Crippen LogP contribution in [0.15, 0.2) is 24.4 Å². The van der Waals surface area contributed by atoms with Crippen molar-refractivity contribution in [2.24, 2.45) is 0 Å². The van der Waals surface area contributed by atoms with Gasteiger partial charge in [-0.15, -0.1) is 0 Å². The molecule has 0 aromatic carbocycles. The van der Waals surface area contributed by atoms with E-state index in [0.29, 0.717) is 6.42 Å². The van der Waals surface area contributed by atoms with Gasteiger partial charge in [0, 0.05) is 25.5 Å². The molecule has 2 rings (SSSR count). The number of rotatable bonds is 4. The number of hydrogen-bond donors (Lipinski definition) is 1. The van der Waals surface area contributed by atoms with Crippen LogP contribution in [0.3, 0.4) is 0 Å². The Labute approximate surface area is 104 Å². The number of allylic oxidation sites excluding steroid dienone is 2. The lowest BCUT2D eigenvalue weighted by atomic mass is 10.1. The third-order valence-electron chi connectivity index (χ3n) is 2.93. The molecule has 1 atom stereocenters. The molecule has 0 spiro atoms. The van der Waals surface area contributed by atoms with E-state index in [4.69, 9.17) is 5.11 Å². The Morgan fingerprint density at radius 1 is 1.28 bits per heavy atom. The van der Waals surface area contributed by atoms with E-state index < -0.39 is 5.97 Å². The number of aliphatic carboxylic acids is 1. The second kappa shape index (κ2) is 5.03. The molecule has 2 heterocycles. The van der Waals surface area contributed by atoms with Gasteiger partial charge < -0.3 is 5.11 Å². The average Bonchev–Trinajstić information content (AvgIpc) is 2.67. The van der Waals surface area contributed by atoms with Gasteiger partial charge in [-0.25, -0.2) is 0 Å². The third kappa shape index (κ3) is 2.42. The van der Waals surface area contributed by atoms with Crippen LogP contribution in [-0.2, 0) is 14.4 Å². The summed E-state index contributed by atoms with van der Waals surface area (Å²) in [5, 5.41) is 11.3. The highest BCUT2D eigenvalue weighted by Crippen LogP contribution is 2.22. The maximum Gasteiger partial charge on any atom is 0.303 e. The highest BCUT2D eigenvalue weighted by Gasteiger charge is 2.35. The maximum absolute atomic E-state index is 11.7. The highest BCUT2D eigenvalue weighted by atomic mass is 16.4. The van der Waals surface area contributed by atoms with Crippen LogP contribution in [0.4, 0.5) is 0 Å². The fraction of sp³-hybridized carbons (Fsp3) is 0.417. The van der Waals surface area contributed by atoms with Crippen LogP contribution in [0.1, 0.15) is 25.7 Å². The normalized spacial score (nSPS) is 23.0. The number of carboxylic acid groups (broad SMARTS) is 1. The molecule has 1 unspecified atom stereocenters. The van der Waals surface area contributed by atoms with Gasteiger partial charge in [0.25, 0.3) is 0 Å². The summed E-state index contributed by atoms with van der Waals surface area (Å²) in [6.07, 6.45) is 7.72. The van der Waals surface area contributed by atoms with Crippen LogP contribution in [0.5, 0.6) is 0 Å². The summed E-state index contributed by atoms with van der Waals surface area (Å²) in [5.41, 5.74) is 0. The van der Waals surface area contributed by atoms with Crippen molar-refractivity contribution in [3.05, 3.63) is 24.4 Å². The minimum Gasteiger partial charge on any atom is -0.481 e. The molecule has 1 saturated heterocycles. The molecule has 2 aliphatic heterocycles. The molecule has 96 valence electrons. The van der Waals surface area contributed by atoms with Gasteiger partial charge in [0.05, 0.1) is 6.04 Å². The second-order valence-corrected chi connectivity index (χ2v) is 4.21. The van der Waals surface area contributed by atoms with Crippen molar-refractivity contribution in [2.45, 2.75) is 31.7 Å². The van der Waals surface area contributed by atoms with Crippen molar-refractivity contribution < 1.29 is 19.5 Å². The molecule has 0 saturated carbocycles. The Morgan fingerprint density at radius 2 is 1.94 bits per heavy atom. The minimum absolute atomic E-state index is 0.00440. The van der Waals surface area contributed by atoms with Crippen molar-refractivity contribution in [1.82, 2.24) is 10.0 Å². The fourth-order valence-electron chi connectivity index (χ4n) is 2.07. The molecule has 1 fully saturated rings. The number of amides is 2. The topological polar surface area (TPSA) is 77.9 Å². The van der Waals surface area contributed by atoms with Crippen molar-refractivity contribution in [2.75, 3.05) is 0 Å². The van der Waals surface area contributed by atoms with Gasteiger partial charge in [-0.3, -0.25) is 19.4 Å². The van der Waals surface area contributed by atoms with E-state index in [-0.39, 0.29) is 37.1 Å². The summed E-state index contributed by atoms with van der Waals surface area (Å²) in [5.74, 6) is -1.36. The number of nitrogens with zero attached hydrogens (tertiary/aromatic N) is 2. The van der Waals surface area contributed by atoms with Gasteiger partial charge in [-0.2, -0.15) is 5.01 Å². The summed E-state index contributed by atoms with van der Waals surface area (Å²) < 4.78 is 0. The van der Waals surface area contributed by atoms with E-state index in [0.717, 1.165) is 5.01 Å². The second-order valence-electron chi connectivity index (χ2n) is 4.21. The zero-order valence-corrected chi connectivity index (χ0v) is 9.78. The minimum atomic E-state index is -0.892. The Kier molecular flexibility index (Phi) is 3.45. The molecule has 0 aromatic rings. The van der Waals surface area contributed by atoms with Gasteiger partial charge in [-0.05, 0) is 12.5 Å². The Morgan fingerprint density at radius 3 is 2.56 bits per heavy atom. The molecule has 0 radical (unpaired) electrons. The van der Waals surface area contributed by atoms with Gasteiger partial charge in [0.15, 0.2) is 0 Å². The van der Waals surface area contributed by atoms with Gasteiger partial charge >= 0.3 is 5.97 Å². The fourth-order valence-corrected chi connectivity index (χ4v) is 2.07. The van der Waals surface area contributed by atoms with Crippen LogP contribution in [0.25, 0.3) is 0 Å². The van der Waals surface area contributed by atoms with Crippen molar-refractivity contribution in [3.63, 3.8) is 0 Å². The molecule has 6 heteroatoms. The van der Waals surface area contributed by atoms with Gasteiger partial charge in [0.2, 0.25) is 11.8 Å². The summed E-state index contributed by atoms with van der Waals surface area (Å²) in [4.78, 5) is 33.9. The molecule has 2 amide bonds. The summed E-state index contributed by atoms with van der Waals surface area (Å²) in [6.45, 7) is 0. The largest absolute Gasteiger partial charge is 0.481 e. The number of imide groups is 1. The highest BCUT2D eigenvalue weighted by molar-refractivity contribution is 6.01. The lowest BCUT2D eigenvalue weighted by Crippen LogP contribution is -2.48. The molecular weight excluding hydrogens is 236 g/mol. The Bertz CT molecular complexity index is 425. The predicted octanol–water partition coefficient (Wildman–Crippen LogP) is 0.669. The average molecular weight is 250 g/mol. The Hall–Kier alpha value is -2.11. The number of carboxylic acids is 1. The van der Waals surface area contributed by atoms with Gasteiger partial charge in [-0.1, -0.05) is 12.2 Å². The van der Waals surface area contributed by atoms with Crippen molar-refractivity contribution >= 4 is 17.8 Å². The zero-order valence-electron chi connectivity index (χ0n) is 9.78. The number of carbonyl (C=O) groups excluding carboxylic acids is 2.